The summed E-state index contributed by atoms with van der Waals surface area (Å²) in [5.74, 6) is 0.646. The third-order valence-corrected chi connectivity index (χ3v) is 4.31. The Balaban J connectivity index is 1.99. The fraction of sp³-hybridized carbons (Fsp3) is 0.174. The molecule has 3 aromatic carbocycles. The van der Waals surface area contributed by atoms with Crippen LogP contribution in [0.5, 0.6) is 11.5 Å². The van der Waals surface area contributed by atoms with Gasteiger partial charge in [0.25, 0.3) is 0 Å². The smallest absolute Gasteiger partial charge is 0.307 e. The highest BCUT2D eigenvalue weighted by molar-refractivity contribution is 5.77. The van der Waals surface area contributed by atoms with Gasteiger partial charge in [0.2, 0.25) is 0 Å². The van der Waals surface area contributed by atoms with Crippen molar-refractivity contribution in [3.05, 3.63) is 83.4 Å². The second-order valence-electron chi connectivity index (χ2n) is 6.37. The predicted octanol–water partition coefficient (Wildman–Crippen LogP) is 4.88. The van der Waals surface area contributed by atoms with Gasteiger partial charge in [0.1, 0.15) is 18.1 Å². The molecule has 0 unspecified atom stereocenters. The van der Waals surface area contributed by atoms with Crippen molar-refractivity contribution in [3.8, 4) is 22.6 Å². The lowest BCUT2D eigenvalue weighted by Crippen LogP contribution is -2.02. The first-order valence-electron chi connectivity index (χ1n) is 8.73. The maximum Gasteiger partial charge on any atom is 0.307 e. The molecular formula is C23H22O4. The average Bonchev–Trinajstić information content (AvgIpc) is 2.67. The zero-order chi connectivity index (χ0) is 19.2. The molecule has 4 nitrogen and oxygen atoms in total. The summed E-state index contributed by atoms with van der Waals surface area (Å²) in [6.07, 6.45) is -0.0291. The van der Waals surface area contributed by atoms with Gasteiger partial charge < -0.3 is 14.6 Å². The van der Waals surface area contributed by atoms with E-state index in [0.29, 0.717) is 12.4 Å². The van der Waals surface area contributed by atoms with Gasteiger partial charge in [-0.3, -0.25) is 4.79 Å². The molecule has 0 saturated carbocycles. The first-order chi connectivity index (χ1) is 13.1. The number of carboxylic acids is 1. The van der Waals surface area contributed by atoms with Crippen LogP contribution >= 0.6 is 0 Å². The Morgan fingerprint density at radius 3 is 2.44 bits per heavy atom. The highest BCUT2D eigenvalue weighted by Gasteiger charge is 2.13. The highest BCUT2D eigenvalue weighted by atomic mass is 16.5. The number of hydrogen-bond donors (Lipinski definition) is 1. The van der Waals surface area contributed by atoms with Crippen molar-refractivity contribution in [2.24, 2.45) is 0 Å². The van der Waals surface area contributed by atoms with Gasteiger partial charge in [-0.2, -0.15) is 0 Å². The number of carboxylic acid groups (broad SMARTS) is 1. The van der Waals surface area contributed by atoms with E-state index < -0.39 is 5.97 Å². The highest BCUT2D eigenvalue weighted by Crippen LogP contribution is 2.34. The summed E-state index contributed by atoms with van der Waals surface area (Å²) in [6.45, 7) is 2.45. The van der Waals surface area contributed by atoms with Crippen molar-refractivity contribution in [1.82, 2.24) is 0 Å². The molecule has 0 heterocycles. The number of hydrogen-bond acceptors (Lipinski definition) is 3. The number of rotatable bonds is 7. The molecule has 0 amide bonds. The fourth-order valence-corrected chi connectivity index (χ4v) is 3.03. The van der Waals surface area contributed by atoms with E-state index in [1.54, 1.807) is 13.2 Å². The van der Waals surface area contributed by atoms with Crippen LogP contribution in [-0.4, -0.2) is 18.2 Å². The molecule has 0 aromatic heterocycles. The lowest BCUT2D eigenvalue weighted by atomic mass is 9.95. The first-order valence-corrected chi connectivity index (χ1v) is 8.73. The van der Waals surface area contributed by atoms with E-state index >= 15 is 0 Å². The van der Waals surface area contributed by atoms with E-state index in [-0.39, 0.29) is 6.42 Å². The first kappa shape index (κ1) is 18.5. The van der Waals surface area contributed by atoms with Crippen LogP contribution in [0.4, 0.5) is 0 Å². The molecule has 0 bridgehead atoms. The molecule has 3 rings (SSSR count). The summed E-state index contributed by atoms with van der Waals surface area (Å²) in [5, 5.41) is 9.10. The van der Waals surface area contributed by atoms with Crippen molar-refractivity contribution in [2.45, 2.75) is 20.0 Å². The molecule has 0 atom stereocenters. The number of methoxy groups -OCH3 is 1. The summed E-state index contributed by atoms with van der Waals surface area (Å²) in [4.78, 5) is 11.1. The van der Waals surface area contributed by atoms with Crippen LogP contribution in [-0.2, 0) is 17.8 Å². The standard InChI is InChI=1S/C23H22O4/c1-16-8-10-20(18(12-16)15-27-19-6-4-3-5-7-19)21-13-17(14-23(24)25)9-11-22(21)26-2/h3-13H,14-15H2,1-2H3,(H,24,25). The molecule has 0 saturated heterocycles. The van der Waals surface area contributed by atoms with E-state index in [4.69, 9.17) is 14.6 Å². The average molecular weight is 362 g/mol. The van der Waals surface area contributed by atoms with Gasteiger partial charge in [0.15, 0.2) is 0 Å². The summed E-state index contributed by atoms with van der Waals surface area (Å²) >= 11 is 0. The summed E-state index contributed by atoms with van der Waals surface area (Å²) < 4.78 is 11.5. The Morgan fingerprint density at radius 1 is 0.963 bits per heavy atom. The largest absolute Gasteiger partial charge is 0.496 e. The van der Waals surface area contributed by atoms with Gasteiger partial charge in [-0.1, -0.05) is 48.0 Å². The molecule has 0 aliphatic heterocycles. The summed E-state index contributed by atoms with van der Waals surface area (Å²) in [7, 11) is 1.62. The van der Waals surface area contributed by atoms with Crippen LogP contribution in [0.3, 0.4) is 0 Å². The van der Waals surface area contributed by atoms with E-state index in [1.807, 2.05) is 61.5 Å². The van der Waals surface area contributed by atoms with Crippen LogP contribution in [0.2, 0.25) is 0 Å². The third-order valence-electron chi connectivity index (χ3n) is 4.31. The summed E-state index contributed by atoms with van der Waals surface area (Å²) in [6, 6.07) is 21.3. The fourth-order valence-electron chi connectivity index (χ4n) is 3.03. The molecular weight excluding hydrogens is 340 g/mol. The van der Waals surface area contributed by atoms with E-state index in [9.17, 15) is 4.79 Å². The van der Waals surface area contributed by atoms with E-state index in [0.717, 1.165) is 33.6 Å². The van der Waals surface area contributed by atoms with Crippen LogP contribution < -0.4 is 9.47 Å². The molecule has 0 fully saturated rings. The Bertz CT molecular complexity index is 932. The van der Waals surface area contributed by atoms with E-state index in [1.165, 1.54) is 0 Å². The number of aryl methyl sites for hydroxylation is 1. The van der Waals surface area contributed by atoms with Gasteiger partial charge in [-0.15, -0.1) is 0 Å². The zero-order valence-electron chi connectivity index (χ0n) is 15.4. The number of carbonyl (C=O) groups is 1. The lowest BCUT2D eigenvalue weighted by Gasteiger charge is -2.16. The molecule has 0 aliphatic carbocycles. The van der Waals surface area contributed by atoms with Gasteiger partial charge in [0, 0.05) is 5.56 Å². The third kappa shape index (κ3) is 4.67. The topological polar surface area (TPSA) is 55.8 Å². The Kier molecular flexibility index (Phi) is 5.77. The second kappa shape index (κ2) is 8.41. The molecule has 4 heteroatoms. The van der Waals surface area contributed by atoms with Crippen molar-refractivity contribution in [3.63, 3.8) is 0 Å². The van der Waals surface area contributed by atoms with Crippen molar-refractivity contribution < 1.29 is 19.4 Å². The lowest BCUT2D eigenvalue weighted by molar-refractivity contribution is -0.136. The normalized spacial score (nSPS) is 10.4. The molecule has 27 heavy (non-hydrogen) atoms. The molecule has 0 aliphatic rings. The predicted molar refractivity (Wildman–Crippen MR) is 105 cm³/mol. The van der Waals surface area contributed by atoms with Gasteiger partial charge in [-0.05, 0) is 47.9 Å². The number of para-hydroxylation sites is 1. The minimum Gasteiger partial charge on any atom is -0.496 e. The van der Waals surface area contributed by atoms with Gasteiger partial charge >= 0.3 is 5.97 Å². The monoisotopic (exact) mass is 362 g/mol. The van der Waals surface area contributed by atoms with Crippen LogP contribution in [0.25, 0.3) is 11.1 Å². The molecule has 138 valence electrons. The SMILES string of the molecule is COc1ccc(CC(=O)O)cc1-c1ccc(C)cc1COc1ccccc1. The molecule has 3 aromatic rings. The van der Waals surface area contributed by atoms with Crippen molar-refractivity contribution in [2.75, 3.05) is 7.11 Å². The molecule has 1 N–H and O–H groups in total. The zero-order valence-corrected chi connectivity index (χ0v) is 15.4. The maximum absolute atomic E-state index is 11.1. The minimum atomic E-state index is -0.859. The Labute approximate surface area is 159 Å². The number of ether oxygens (including phenoxy) is 2. The second-order valence-corrected chi connectivity index (χ2v) is 6.37. The maximum atomic E-state index is 11.1. The molecule has 0 spiro atoms. The molecule has 0 radical (unpaired) electrons. The van der Waals surface area contributed by atoms with E-state index in [2.05, 4.69) is 6.07 Å². The number of benzene rings is 3. The van der Waals surface area contributed by atoms with Gasteiger partial charge in [0.05, 0.1) is 13.5 Å². The van der Waals surface area contributed by atoms with Crippen LogP contribution in [0, 0.1) is 6.92 Å². The Morgan fingerprint density at radius 2 is 1.74 bits per heavy atom. The van der Waals surface area contributed by atoms with Crippen molar-refractivity contribution >= 4 is 5.97 Å². The van der Waals surface area contributed by atoms with Crippen molar-refractivity contribution in [1.29, 1.82) is 0 Å². The Hall–Kier alpha value is -3.27. The summed E-state index contributed by atoms with van der Waals surface area (Å²) in [5.41, 5.74) is 4.72. The minimum absolute atomic E-state index is 0.0291. The van der Waals surface area contributed by atoms with Crippen LogP contribution in [0.1, 0.15) is 16.7 Å². The van der Waals surface area contributed by atoms with Gasteiger partial charge in [-0.25, -0.2) is 0 Å². The van der Waals surface area contributed by atoms with Crippen LogP contribution in [0.15, 0.2) is 66.7 Å². The number of aliphatic carboxylic acids is 1. The quantitative estimate of drug-likeness (QED) is 0.651.